The Kier molecular flexibility index (Phi) is 19.4. The minimum atomic E-state index is -0.953. The lowest BCUT2D eigenvalue weighted by Crippen LogP contribution is -2.60. The highest BCUT2D eigenvalue weighted by Gasteiger charge is 2.44. The minimum Gasteiger partial charge on any atom is -0.448 e. The number of rotatable bonds is 23. The van der Waals surface area contributed by atoms with Crippen molar-refractivity contribution in [2.75, 3.05) is 41.5 Å². The van der Waals surface area contributed by atoms with Gasteiger partial charge in [0.15, 0.2) is 0 Å². The molecule has 0 unspecified atom stereocenters. The second-order valence-corrected chi connectivity index (χ2v) is 21.0. The lowest BCUT2D eigenvalue weighted by molar-refractivity contribution is -0.148. The van der Waals surface area contributed by atoms with E-state index >= 15 is 0 Å². The van der Waals surface area contributed by atoms with E-state index in [2.05, 4.69) is 39.9 Å². The molecule has 1 saturated heterocycles. The van der Waals surface area contributed by atoms with Crippen molar-refractivity contribution in [3.05, 3.63) is 112 Å². The van der Waals surface area contributed by atoms with Crippen molar-refractivity contribution in [3.8, 4) is 11.1 Å². The normalized spacial score (nSPS) is 17.8. The number of carbonyl (C=O) groups excluding carboxylic acids is 5. The summed E-state index contributed by atoms with van der Waals surface area (Å²) < 4.78 is 18.2. The van der Waals surface area contributed by atoms with Crippen molar-refractivity contribution >= 4 is 41.1 Å². The number of likely N-dealkylation sites (tertiary alicyclic amines) is 1. The number of carbonyl (C=O) groups is 5. The maximum Gasteiger partial charge on any atom is 0.410 e. The van der Waals surface area contributed by atoms with Gasteiger partial charge in [-0.3, -0.25) is 24.1 Å². The number of nitrogens with zero attached hydrogens (tertiary/aromatic N) is 4. The molecule has 1 aliphatic heterocycles. The molecule has 0 bridgehead atoms. The second-order valence-electron chi connectivity index (χ2n) is 20.0. The zero-order valence-corrected chi connectivity index (χ0v) is 44.3. The van der Waals surface area contributed by atoms with Gasteiger partial charge in [0.05, 0.1) is 42.7 Å². The molecule has 2 N–H and O–H groups in total. The first-order valence-corrected chi connectivity index (χ1v) is 26.1. The van der Waals surface area contributed by atoms with Crippen LogP contribution in [0.5, 0.6) is 0 Å². The molecule has 2 aliphatic rings. The van der Waals surface area contributed by atoms with Gasteiger partial charge in [-0.05, 0) is 64.8 Å². The highest BCUT2D eigenvalue weighted by Crippen LogP contribution is 2.44. The van der Waals surface area contributed by atoms with E-state index in [-0.39, 0.29) is 66.5 Å². The highest BCUT2D eigenvalue weighted by atomic mass is 32.1. The first kappa shape index (κ1) is 54.7. The predicted octanol–water partition coefficient (Wildman–Crippen LogP) is 8.51. The first-order chi connectivity index (χ1) is 34.0. The molecule has 2 heterocycles. The van der Waals surface area contributed by atoms with Gasteiger partial charge in [-0.15, -0.1) is 11.3 Å². The molecule has 3 aromatic carbocycles. The van der Waals surface area contributed by atoms with Gasteiger partial charge in [0.2, 0.25) is 23.6 Å². The van der Waals surface area contributed by atoms with E-state index in [1.165, 1.54) is 16.2 Å². The number of methoxy groups -OCH3 is 2. The zero-order valence-electron chi connectivity index (χ0n) is 43.5. The lowest BCUT2D eigenvalue weighted by Gasteiger charge is -2.41. The Morgan fingerprint density at radius 1 is 0.803 bits per heavy atom. The highest BCUT2D eigenvalue weighted by molar-refractivity contribution is 7.09. The Balaban J connectivity index is 1.11. The molecule has 1 aromatic heterocycles. The minimum absolute atomic E-state index is 0.0150. The van der Waals surface area contributed by atoms with Crippen molar-refractivity contribution in [1.82, 2.24) is 30.3 Å². The number of hydrogen-bond acceptors (Lipinski definition) is 10. The molecule has 1 aliphatic carbocycles. The monoisotopic (exact) mass is 993 g/mol. The van der Waals surface area contributed by atoms with E-state index in [1.54, 1.807) is 39.4 Å². The SMILES string of the molecule is CC[C@H](C)[C@@H]([C@@H](CC(=O)N1CCC[C@H]1[C@H](OC)[C@@H](C)C(=O)N[C@H](Cc1ccccc1)c1nccs1)OC)N(C)C(=O)[C@@H](NC(=O)[C@H](C(C)C)N(C)C(=O)OCC1c2ccccc2-c2ccccc21)C(C)C. The average Bonchev–Trinajstić information content (AvgIpc) is 4.15. The molecule has 4 aromatic rings. The van der Waals surface area contributed by atoms with Crippen LogP contribution in [0.4, 0.5) is 4.79 Å². The first-order valence-electron chi connectivity index (χ1n) is 25.3. The third-order valence-corrected chi connectivity index (χ3v) is 15.7. The van der Waals surface area contributed by atoms with Gasteiger partial charge >= 0.3 is 6.09 Å². The molecule has 6 rings (SSSR count). The molecule has 14 nitrogen and oxygen atoms in total. The third kappa shape index (κ3) is 12.7. The topological polar surface area (TPSA) is 160 Å². The van der Waals surface area contributed by atoms with Crippen LogP contribution >= 0.6 is 11.3 Å². The molecule has 9 atom stereocenters. The van der Waals surface area contributed by atoms with E-state index in [0.717, 1.165) is 39.2 Å². The maximum atomic E-state index is 14.8. The Hall–Kier alpha value is -5.64. The summed E-state index contributed by atoms with van der Waals surface area (Å²) in [5.74, 6) is -2.62. The predicted molar refractivity (Wildman–Crippen MR) is 277 cm³/mol. The van der Waals surface area contributed by atoms with Crippen LogP contribution in [0.1, 0.15) is 108 Å². The molecular weight excluding hydrogens is 917 g/mol. The smallest absolute Gasteiger partial charge is 0.410 e. The van der Waals surface area contributed by atoms with Crippen molar-refractivity contribution in [3.63, 3.8) is 0 Å². The number of aromatic nitrogens is 1. The van der Waals surface area contributed by atoms with E-state index in [0.29, 0.717) is 25.8 Å². The van der Waals surface area contributed by atoms with Crippen LogP contribution in [0.2, 0.25) is 0 Å². The van der Waals surface area contributed by atoms with Crippen LogP contribution in [0, 0.1) is 23.7 Å². The van der Waals surface area contributed by atoms with Gasteiger partial charge < -0.3 is 34.6 Å². The number of nitrogens with one attached hydrogen (secondary N) is 2. The summed E-state index contributed by atoms with van der Waals surface area (Å²) in [6.45, 7) is 14.0. The van der Waals surface area contributed by atoms with Gasteiger partial charge in [-0.25, -0.2) is 9.78 Å². The summed E-state index contributed by atoms with van der Waals surface area (Å²) >= 11 is 1.49. The zero-order chi connectivity index (χ0) is 51.5. The summed E-state index contributed by atoms with van der Waals surface area (Å²) in [5, 5.41) is 8.97. The number of likely N-dealkylation sites (N-methyl/N-ethyl adjacent to an activating group) is 2. The second kappa shape index (κ2) is 25.1. The molecule has 71 heavy (non-hydrogen) atoms. The fourth-order valence-electron chi connectivity index (χ4n) is 10.8. The lowest BCUT2D eigenvalue weighted by atomic mass is 9.89. The van der Waals surface area contributed by atoms with Crippen LogP contribution in [0.3, 0.4) is 0 Å². The molecule has 0 spiro atoms. The van der Waals surface area contributed by atoms with Crippen LogP contribution in [-0.2, 0) is 39.8 Å². The van der Waals surface area contributed by atoms with E-state index in [4.69, 9.17) is 14.2 Å². The molecule has 15 heteroatoms. The fraction of sp³-hybridized carbons (Fsp3) is 0.536. The summed E-state index contributed by atoms with van der Waals surface area (Å²) in [6, 6.07) is 23.1. The van der Waals surface area contributed by atoms with Crippen LogP contribution < -0.4 is 10.6 Å². The summed E-state index contributed by atoms with van der Waals surface area (Å²) in [4.78, 5) is 80.8. The standard InChI is InChI=1S/C56H76N6O8S/c1-12-36(6)50(46(68-10)32-47(63)62-29-20-27-45(62)51(69-11)37(7)52(64)58-44(54-57-28-30-71-54)31-38-21-14-13-15-22-38)60(8)55(66)48(34(2)3)59-53(65)49(35(4)5)61(9)56(67)70-33-43-41-25-18-16-23-39(41)40-24-17-19-26-42(40)43/h13-19,21-26,28,30,34-37,43-46,48-51H,12,20,27,29,31-33H2,1-11H3,(H,58,64)(H,59,65)/t36-,37+,44+,45-,46+,48-,49-,50-,51+/m0/s1. The van der Waals surface area contributed by atoms with E-state index < -0.39 is 48.3 Å². The summed E-state index contributed by atoms with van der Waals surface area (Å²) in [5.41, 5.74) is 5.48. The largest absolute Gasteiger partial charge is 0.448 e. The van der Waals surface area contributed by atoms with Crippen LogP contribution in [0.15, 0.2) is 90.4 Å². The Labute approximate surface area is 425 Å². The van der Waals surface area contributed by atoms with Gasteiger partial charge in [-0.2, -0.15) is 0 Å². The summed E-state index contributed by atoms with van der Waals surface area (Å²) in [6.07, 6.45) is 2.48. The number of hydrogen-bond donors (Lipinski definition) is 2. The molecule has 0 saturated carbocycles. The van der Waals surface area contributed by atoms with Crippen LogP contribution in [-0.4, -0.2) is 127 Å². The average molecular weight is 993 g/mol. The van der Waals surface area contributed by atoms with Crippen LogP contribution in [0.25, 0.3) is 11.1 Å². The number of fused-ring (bicyclic) bond motifs is 3. The Morgan fingerprint density at radius 2 is 1.44 bits per heavy atom. The van der Waals surface area contributed by atoms with Gasteiger partial charge in [-0.1, -0.05) is 134 Å². The van der Waals surface area contributed by atoms with E-state index in [9.17, 15) is 24.0 Å². The van der Waals surface area contributed by atoms with Gasteiger partial charge in [0, 0.05) is 52.4 Å². The van der Waals surface area contributed by atoms with Gasteiger partial charge in [0.1, 0.15) is 23.7 Å². The number of amides is 5. The quantitative estimate of drug-likeness (QED) is 0.0743. The van der Waals surface area contributed by atoms with Crippen molar-refractivity contribution in [1.29, 1.82) is 0 Å². The number of thiazole rings is 1. The maximum absolute atomic E-state index is 14.8. The van der Waals surface area contributed by atoms with Gasteiger partial charge in [0.25, 0.3) is 0 Å². The van der Waals surface area contributed by atoms with Crippen molar-refractivity contribution < 1.29 is 38.2 Å². The number of ether oxygens (including phenoxy) is 3. The molecular formula is C56H76N6O8S. The fourth-order valence-corrected chi connectivity index (χ4v) is 11.5. The third-order valence-electron chi connectivity index (χ3n) is 14.8. The molecule has 1 fully saturated rings. The molecule has 5 amide bonds. The van der Waals surface area contributed by atoms with E-state index in [1.807, 2.05) is 113 Å². The molecule has 384 valence electrons. The van der Waals surface area contributed by atoms with Crippen molar-refractivity contribution in [2.24, 2.45) is 23.7 Å². The number of benzene rings is 3. The molecule has 0 radical (unpaired) electrons. The summed E-state index contributed by atoms with van der Waals surface area (Å²) in [7, 11) is 6.40. The Bertz CT molecular complexity index is 2350. The Morgan fingerprint density at radius 3 is 2.00 bits per heavy atom. The van der Waals surface area contributed by atoms with Crippen molar-refractivity contribution in [2.45, 2.75) is 129 Å².